The van der Waals surface area contributed by atoms with Crippen molar-refractivity contribution in [3.8, 4) is 5.75 Å². The topological polar surface area (TPSA) is 567 Å². The van der Waals surface area contributed by atoms with E-state index in [9.17, 15) is 86.9 Å². The number of nitrogens with two attached hydrogens (primary N) is 2. The number of likely N-dealkylation sites (N-methyl/N-ethyl adjacent to an activating group) is 4. The zero-order chi connectivity index (χ0) is 89.2. The molecule has 0 saturated carbocycles. The van der Waals surface area contributed by atoms with Crippen molar-refractivity contribution in [1.82, 2.24) is 88.3 Å². The highest BCUT2D eigenvalue weighted by Crippen LogP contribution is 2.24. The van der Waals surface area contributed by atoms with Gasteiger partial charge in [0.25, 0.3) is 0 Å². The number of hydrogen-bond acceptors (Lipinski definition) is 21. The van der Waals surface area contributed by atoms with E-state index in [1.807, 2.05) is 0 Å². The standard InChI is InChI=1S/C81H112N20O19S/c1-47(2)69-76(116)89-43-68(110)97(5)44-65(107)93-58(37-53-28-30-54(103)31-29-53)77(117)99(7)60(38-51-22-14-10-15-23-51)78(118)98(6)45-66(108)91-55(26-18-32-86-81(83)84)72(112)94-57(40-62(82)104)73(113)90-48(3)71(111)88-41-63(105)87-42-64(106)95-70(49(4)102)80(120)100(8)61(39-52-24-16-11-17-25-52)79(119)101-34-19-27-59(101)75(115)85-33-35-121-46-67(109)92-56(74(114)96-69)36-50-20-12-9-13-21-50/h9-17,20-25,28-31,47-49,55-61,69-70,102-103H,18-19,26-27,32-46H2,1-8H3,(H2,82,104)(H,85,115)(H,87,105)(H,88,111)(H,89,116)(H,90,113)(H,91,108)(H,92,109)(H,93,107)(H,94,112)(H,95,106)(H,96,114)(H4,83,84,86)/t48-,49+,55-,56-,57-,58-,59-,60-,61-,69?,70-/m0/s1. The van der Waals surface area contributed by atoms with Gasteiger partial charge in [-0.3, -0.25) is 86.9 Å². The predicted octanol–water partition coefficient (Wildman–Crippen LogP) is -4.97. The fourth-order valence-corrected chi connectivity index (χ4v) is 13.8. The Bertz CT molecular complexity index is 4300. The van der Waals surface area contributed by atoms with Crippen LogP contribution in [0.25, 0.3) is 0 Å². The molecule has 0 aromatic heterocycles. The molecule has 17 amide bonds. The number of hydrogen-bond donors (Lipinski definition) is 17. The van der Waals surface area contributed by atoms with Crippen LogP contribution in [0.2, 0.25) is 0 Å². The summed E-state index contributed by atoms with van der Waals surface area (Å²) in [6, 6.07) is 17.1. The van der Waals surface area contributed by atoms with Crippen molar-refractivity contribution in [3.63, 3.8) is 0 Å². The molecule has 11 atom stereocenters. The molecule has 2 heterocycles. The molecule has 0 spiro atoms. The molecule has 2 fully saturated rings. The van der Waals surface area contributed by atoms with Crippen LogP contribution in [0.4, 0.5) is 0 Å². The van der Waals surface area contributed by atoms with Gasteiger partial charge in [0, 0.05) is 79.3 Å². The van der Waals surface area contributed by atoms with Gasteiger partial charge in [-0.2, -0.15) is 11.8 Å². The predicted molar refractivity (Wildman–Crippen MR) is 443 cm³/mol. The van der Waals surface area contributed by atoms with Crippen LogP contribution in [0.3, 0.4) is 0 Å². The Balaban J connectivity index is 1.28. The van der Waals surface area contributed by atoms with E-state index < -0.39 is 218 Å². The number of fused-ring (bicyclic) bond motifs is 1. The van der Waals surface area contributed by atoms with Crippen molar-refractivity contribution in [3.05, 3.63) is 138 Å². The van der Waals surface area contributed by atoms with Crippen LogP contribution in [0.5, 0.6) is 5.75 Å². The number of guanidine groups is 1. The van der Waals surface area contributed by atoms with E-state index in [0.29, 0.717) is 28.7 Å². The number of nitrogens with zero attached hydrogens (tertiary/aromatic N) is 5. The summed E-state index contributed by atoms with van der Waals surface area (Å²) in [5.41, 5.74) is 13.3. The monoisotopic (exact) mass is 1700 g/mol. The Hall–Kier alpha value is -12.8. The lowest BCUT2D eigenvalue weighted by molar-refractivity contribution is -0.149. The summed E-state index contributed by atoms with van der Waals surface area (Å²) < 4.78 is 0. The number of aliphatic hydroxyl groups excluding tert-OH is 1. The summed E-state index contributed by atoms with van der Waals surface area (Å²) in [5, 5.41) is 59.0. The third-order valence-electron chi connectivity index (χ3n) is 19.9. The smallest absolute Gasteiger partial charge is 0.248 e. The number of aromatic hydroxyl groups is 1. The van der Waals surface area contributed by atoms with Crippen molar-refractivity contribution in [1.29, 1.82) is 5.41 Å². The molecule has 0 aliphatic carbocycles. The third-order valence-corrected chi connectivity index (χ3v) is 20.8. The minimum absolute atomic E-state index is 0.0162. The van der Waals surface area contributed by atoms with Gasteiger partial charge in [-0.25, -0.2) is 0 Å². The molecule has 0 radical (unpaired) electrons. The molecule has 656 valence electrons. The highest BCUT2D eigenvalue weighted by Gasteiger charge is 2.43. The molecular weight excluding hydrogens is 1590 g/mol. The zero-order valence-corrected chi connectivity index (χ0v) is 69.8. The fourth-order valence-electron chi connectivity index (χ4n) is 13.2. The number of primary amides is 1. The summed E-state index contributed by atoms with van der Waals surface area (Å²) in [6.45, 7) is 2.01. The average Bonchev–Trinajstić information content (AvgIpc) is 1.81. The quantitative estimate of drug-likeness (QED) is 0.0284. The second-order valence-corrected chi connectivity index (χ2v) is 31.0. The van der Waals surface area contributed by atoms with Gasteiger partial charge in [0.15, 0.2) is 5.96 Å². The molecular formula is C81H112N20O19S. The van der Waals surface area contributed by atoms with E-state index in [1.165, 1.54) is 71.2 Å². The highest BCUT2D eigenvalue weighted by molar-refractivity contribution is 7.99. The van der Waals surface area contributed by atoms with Crippen LogP contribution in [-0.4, -0.2) is 300 Å². The number of phenolic OH excluding ortho intramolecular Hbond substituents is 1. The van der Waals surface area contributed by atoms with Crippen LogP contribution in [0.15, 0.2) is 115 Å². The second kappa shape index (κ2) is 48.3. The number of aliphatic hydroxyl groups is 1. The van der Waals surface area contributed by atoms with Crippen LogP contribution in [0.1, 0.15) is 82.1 Å². The summed E-state index contributed by atoms with van der Waals surface area (Å²) in [4.78, 5) is 244. The minimum atomic E-state index is -1.82. The summed E-state index contributed by atoms with van der Waals surface area (Å²) in [7, 11) is 5.09. The van der Waals surface area contributed by atoms with Crippen molar-refractivity contribution in [2.24, 2.45) is 17.4 Å². The van der Waals surface area contributed by atoms with Crippen LogP contribution in [-0.2, 0) is 107 Å². The van der Waals surface area contributed by atoms with Crippen molar-refractivity contribution in [2.45, 2.75) is 152 Å². The van der Waals surface area contributed by atoms with Gasteiger partial charge in [-0.05, 0) is 79.8 Å². The zero-order valence-electron chi connectivity index (χ0n) is 69.0. The lowest BCUT2D eigenvalue weighted by atomic mass is 10.0. The van der Waals surface area contributed by atoms with Crippen molar-refractivity contribution >= 4 is 118 Å². The van der Waals surface area contributed by atoms with Crippen LogP contribution >= 0.6 is 11.8 Å². The number of carbonyl (C=O) groups is 17. The molecule has 4 aromatic carbocycles. The first kappa shape index (κ1) is 97.1. The molecule has 2 saturated heterocycles. The number of carbonyl (C=O) groups excluding carboxylic acids is 17. The molecule has 6 rings (SSSR count). The van der Waals surface area contributed by atoms with Gasteiger partial charge >= 0.3 is 0 Å². The van der Waals surface area contributed by atoms with E-state index in [0.717, 1.165) is 31.4 Å². The average molecular weight is 1700 g/mol. The van der Waals surface area contributed by atoms with Gasteiger partial charge < -0.3 is 110 Å². The van der Waals surface area contributed by atoms with E-state index in [4.69, 9.17) is 16.9 Å². The van der Waals surface area contributed by atoms with Gasteiger partial charge in [0.1, 0.15) is 66.2 Å². The third kappa shape index (κ3) is 31.8. The first-order chi connectivity index (χ1) is 57.4. The Morgan fingerprint density at radius 3 is 1.60 bits per heavy atom. The lowest BCUT2D eigenvalue weighted by Crippen LogP contribution is -2.60. The largest absolute Gasteiger partial charge is 0.508 e. The molecule has 19 N–H and O–H groups in total. The van der Waals surface area contributed by atoms with Gasteiger partial charge in [-0.1, -0.05) is 117 Å². The minimum Gasteiger partial charge on any atom is -0.508 e. The molecule has 2 aliphatic heterocycles. The maximum Gasteiger partial charge on any atom is 0.248 e. The number of nitrogens with one attached hydrogen (secondary N) is 13. The SMILES string of the molecule is CC(C)C1NC(=O)[C@H](Cc2ccccc2)NC(=O)CSCCNC(=O)[C@@H]2CCCN2C(=O)[C@H](Cc2ccccc2)N(C)C(=O)[C@H]([C@@H](C)O)NC(=O)CNC(=O)CNC(=O)[C@H](C)NC(=O)[C@H](CC(N)=O)NC(=O)[C@H](CCCNC(=N)N)NC(=O)CN(C)C(=O)[C@H](Cc2ccccc2)N(C)C(=O)[C@H](Cc2ccc(O)cc2)NC(=O)CN(C)C(=O)CNC1=O. The first-order valence-corrected chi connectivity index (χ1v) is 40.6. The Morgan fingerprint density at radius 1 is 0.512 bits per heavy atom. The molecule has 1 unspecified atom stereocenters. The van der Waals surface area contributed by atoms with Crippen LogP contribution in [0, 0.1) is 11.3 Å². The molecule has 0 bridgehead atoms. The van der Waals surface area contributed by atoms with E-state index in [2.05, 4.69) is 63.8 Å². The Morgan fingerprint density at radius 2 is 1.02 bits per heavy atom. The summed E-state index contributed by atoms with van der Waals surface area (Å²) in [5.74, 6) is -15.9. The van der Waals surface area contributed by atoms with Gasteiger partial charge in [-0.15, -0.1) is 0 Å². The fraction of sp³-hybridized carbons (Fsp3) is 0.481. The Labute approximate surface area is 705 Å². The summed E-state index contributed by atoms with van der Waals surface area (Å²) in [6.07, 6.45) is -2.51. The molecule has 4 aromatic rings. The summed E-state index contributed by atoms with van der Waals surface area (Å²) >= 11 is 1.12. The maximum absolute atomic E-state index is 15.1. The Kier molecular flexibility index (Phi) is 38.8. The van der Waals surface area contributed by atoms with Crippen molar-refractivity contribution in [2.75, 3.05) is 92.1 Å². The highest BCUT2D eigenvalue weighted by atomic mass is 32.2. The van der Waals surface area contributed by atoms with Gasteiger partial charge in [0.2, 0.25) is 100 Å². The lowest BCUT2D eigenvalue weighted by Gasteiger charge is -2.35. The maximum atomic E-state index is 15.1. The second-order valence-electron chi connectivity index (χ2n) is 29.9. The first-order valence-electron chi connectivity index (χ1n) is 39.4. The molecule has 2 aliphatic rings. The van der Waals surface area contributed by atoms with Gasteiger partial charge in [0.05, 0.1) is 51.0 Å². The number of thioether (sulfide) groups is 1. The number of benzene rings is 4. The molecule has 121 heavy (non-hydrogen) atoms. The van der Waals surface area contributed by atoms with E-state index in [-0.39, 0.29) is 81.8 Å². The van der Waals surface area contributed by atoms with E-state index in [1.54, 1.807) is 105 Å². The molecule has 40 heteroatoms. The van der Waals surface area contributed by atoms with Crippen LogP contribution < -0.4 is 75.3 Å². The number of rotatable bonds is 16. The van der Waals surface area contributed by atoms with Crippen molar-refractivity contribution < 1.29 is 91.7 Å². The normalized spacial score (nSPS) is 23.4. The number of amides is 17. The number of phenols is 1. The van der Waals surface area contributed by atoms with E-state index >= 15 is 4.79 Å². The molecule has 39 nitrogen and oxygen atoms in total.